The number of carbonyl (C=O) groups excluding carboxylic acids is 2. The molecule has 2 heterocycles. The highest BCUT2D eigenvalue weighted by atomic mass is 32.1. The fraction of sp³-hybridized carbons (Fsp3) is 0.0833. The zero-order valence-corrected chi connectivity index (χ0v) is 17.7. The average Bonchev–Trinajstić information content (AvgIpc) is 3.37. The molecule has 29 heavy (non-hydrogen) atoms. The first-order valence-corrected chi connectivity index (χ1v) is 10.9. The standard InChI is InChI=1S/C24H19NO2S2/c1-15-8-10-18(11-9-15)23-22(16(2)26)19(14-28-23)25-24(27)21-13-12-20(29-21)17-6-4-3-5-7-17/h3-14H,1-2H3,(H,25,27). The molecule has 0 saturated carbocycles. The lowest BCUT2D eigenvalue weighted by molar-refractivity contribution is 0.101. The van der Waals surface area contributed by atoms with Crippen LogP contribution in [0, 0.1) is 6.92 Å². The second-order valence-corrected chi connectivity index (χ2v) is 8.72. The number of amides is 1. The number of ketones is 1. The van der Waals surface area contributed by atoms with E-state index in [9.17, 15) is 9.59 Å². The van der Waals surface area contributed by atoms with Crippen LogP contribution in [0.25, 0.3) is 20.9 Å². The maximum absolute atomic E-state index is 12.8. The molecule has 1 amide bonds. The summed E-state index contributed by atoms with van der Waals surface area (Å²) in [6, 6.07) is 21.8. The first kappa shape index (κ1) is 19.3. The Labute approximate surface area is 177 Å². The van der Waals surface area contributed by atoms with E-state index in [4.69, 9.17) is 0 Å². The van der Waals surface area contributed by atoms with E-state index in [-0.39, 0.29) is 11.7 Å². The third-order valence-electron chi connectivity index (χ3n) is 4.59. The molecule has 0 aliphatic heterocycles. The van der Waals surface area contributed by atoms with Crippen LogP contribution in [0.5, 0.6) is 0 Å². The quantitative estimate of drug-likeness (QED) is 0.359. The second kappa shape index (κ2) is 8.15. The molecule has 4 rings (SSSR count). The van der Waals surface area contributed by atoms with Gasteiger partial charge in [-0.3, -0.25) is 9.59 Å². The fourth-order valence-electron chi connectivity index (χ4n) is 3.12. The van der Waals surface area contributed by atoms with Crippen LogP contribution in [0.2, 0.25) is 0 Å². The Balaban J connectivity index is 1.61. The van der Waals surface area contributed by atoms with E-state index in [0.29, 0.717) is 16.1 Å². The molecule has 0 spiro atoms. The Kier molecular flexibility index (Phi) is 5.43. The maximum atomic E-state index is 12.8. The van der Waals surface area contributed by atoms with Gasteiger partial charge in [0, 0.05) is 15.1 Å². The van der Waals surface area contributed by atoms with Gasteiger partial charge >= 0.3 is 0 Å². The van der Waals surface area contributed by atoms with Gasteiger partial charge < -0.3 is 5.32 Å². The highest BCUT2D eigenvalue weighted by Crippen LogP contribution is 2.37. The number of nitrogens with one attached hydrogen (secondary N) is 1. The first-order valence-electron chi connectivity index (χ1n) is 9.19. The van der Waals surface area contributed by atoms with Crippen LogP contribution in [-0.2, 0) is 0 Å². The summed E-state index contributed by atoms with van der Waals surface area (Å²) in [6.45, 7) is 3.56. The molecule has 0 saturated heterocycles. The average molecular weight is 418 g/mol. The molecule has 0 unspecified atom stereocenters. The molecule has 0 atom stereocenters. The number of carbonyl (C=O) groups is 2. The van der Waals surface area contributed by atoms with Gasteiger partial charge in [-0.05, 0) is 37.1 Å². The third kappa shape index (κ3) is 4.06. The minimum absolute atomic E-state index is 0.0618. The van der Waals surface area contributed by atoms with Crippen LogP contribution >= 0.6 is 22.7 Å². The lowest BCUT2D eigenvalue weighted by atomic mass is 10.0. The van der Waals surface area contributed by atoms with E-state index in [1.165, 1.54) is 29.6 Å². The van der Waals surface area contributed by atoms with Gasteiger partial charge in [0.2, 0.25) is 0 Å². The lowest BCUT2D eigenvalue weighted by Crippen LogP contribution is -2.12. The summed E-state index contributed by atoms with van der Waals surface area (Å²) in [5.41, 5.74) is 4.35. The molecule has 0 radical (unpaired) electrons. The van der Waals surface area contributed by atoms with Gasteiger partial charge in [-0.15, -0.1) is 22.7 Å². The number of hydrogen-bond acceptors (Lipinski definition) is 4. The van der Waals surface area contributed by atoms with Crippen molar-refractivity contribution in [2.75, 3.05) is 5.32 Å². The smallest absolute Gasteiger partial charge is 0.265 e. The summed E-state index contributed by atoms with van der Waals surface area (Å²) in [5.74, 6) is -0.263. The van der Waals surface area contributed by atoms with E-state index >= 15 is 0 Å². The molecule has 0 aliphatic rings. The van der Waals surface area contributed by atoms with Gasteiger partial charge in [0.05, 0.1) is 16.1 Å². The van der Waals surface area contributed by atoms with Crippen molar-refractivity contribution in [2.24, 2.45) is 0 Å². The topological polar surface area (TPSA) is 46.2 Å². The van der Waals surface area contributed by atoms with Gasteiger partial charge in [-0.1, -0.05) is 60.2 Å². The molecular weight excluding hydrogens is 398 g/mol. The van der Waals surface area contributed by atoms with Crippen LogP contribution in [0.3, 0.4) is 0 Å². The van der Waals surface area contributed by atoms with E-state index in [2.05, 4.69) is 5.32 Å². The van der Waals surface area contributed by atoms with Crippen LogP contribution in [0.15, 0.2) is 72.1 Å². The Bertz CT molecular complexity index is 1170. The van der Waals surface area contributed by atoms with E-state index < -0.39 is 0 Å². The maximum Gasteiger partial charge on any atom is 0.265 e. The summed E-state index contributed by atoms with van der Waals surface area (Å²) in [5, 5.41) is 4.78. The van der Waals surface area contributed by atoms with Gasteiger partial charge in [-0.25, -0.2) is 0 Å². The summed E-state index contributed by atoms with van der Waals surface area (Å²) in [4.78, 5) is 27.7. The van der Waals surface area contributed by atoms with Crippen molar-refractivity contribution < 1.29 is 9.59 Å². The van der Waals surface area contributed by atoms with Crippen molar-refractivity contribution in [1.29, 1.82) is 0 Å². The van der Waals surface area contributed by atoms with Crippen molar-refractivity contribution in [3.05, 3.63) is 88.1 Å². The predicted octanol–water partition coefficient (Wildman–Crippen LogP) is 6.91. The Hall–Kier alpha value is -3.02. The Morgan fingerprint density at radius 3 is 2.28 bits per heavy atom. The normalized spacial score (nSPS) is 10.7. The molecular formula is C24H19NO2S2. The van der Waals surface area contributed by atoms with Crippen molar-refractivity contribution >= 4 is 40.1 Å². The van der Waals surface area contributed by atoms with Crippen LogP contribution in [0.1, 0.15) is 32.5 Å². The van der Waals surface area contributed by atoms with Crippen molar-refractivity contribution in [1.82, 2.24) is 0 Å². The van der Waals surface area contributed by atoms with Crippen molar-refractivity contribution in [2.45, 2.75) is 13.8 Å². The minimum atomic E-state index is -0.201. The fourth-order valence-corrected chi connectivity index (χ4v) is 5.08. The number of Topliss-reactive ketones (excluding diaryl/α,β-unsaturated/α-hetero) is 1. The van der Waals surface area contributed by atoms with Crippen LogP contribution in [0.4, 0.5) is 5.69 Å². The monoisotopic (exact) mass is 417 g/mol. The van der Waals surface area contributed by atoms with Gasteiger partial charge in [-0.2, -0.15) is 0 Å². The highest BCUT2D eigenvalue weighted by Gasteiger charge is 2.20. The zero-order valence-electron chi connectivity index (χ0n) is 16.1. The number of hydrogen-bond donors (Lipinski definition) is 1. The minimum Gasteiger partial charge on any atom is -0.320 e. The lowest BCUT2D eigenvalue weighted by Gasteiger charge is -2.06. The number of aryl methyl sites for hydroxylation is 1. The first-order chi connectivity index (χ1) is 14.0. The van der Waals surface area contributed by atoms with Crippen LogP contribution < -0.4 is 5.32 Å². The van der Waals surface area contributed by atoms with E-state index in [1.807, 2.05) is 79.0 Å². The molecule has 0 bridgehead atoms. The summed E-state index contributed by atoms with van der Waals surface area (Å²) in [6.07, 6.45) is 0. The largest absolute Gasteiger partial charge is 0.320 e. The second-order valence-electron chi connectivity index (χ2n) is 6.76. The molecule has 0 aliphatic carbocycles. The molecule has 0 fully saturated rings. The molecule has 2 aromatic heterocycles. The predicted molar refractivity (Wildman–Crippen MR) is 122 cm³/mol. The number of benzene rings is 2. The van der Waals surface area contributed by atoms with Crippen molar-refractivity contribution in [3.8, 4) is 20.9 Å². The molecule has 4 aromatic rings. The number of anilines is 1. The number of rotatable bonds is 5. The van der Waals surface area contributed by atoms with Gasteiger partial charge in [0.25, 0.3) is 5.91 Å². The molecule has 1 N–H and O–H groups in total. The van der Waals surface area contributed by atoms with Gasteiger partial charge in [0.15, 0.2) is 5.78 Å². The van der Waals surface area contributed by atoms with E-state index in [1.54, 1.807) is 0 Å². The zero-order chi connectivity index (χ0) is 20.4. The van der Waals surface area contributed by atoms with Crippen molar-refractivity contribution in [3.63, 3.8) is 0 Å². The molecule has 3 nitrogen and oxygen atoms in total. The summed E-state index contributed by atoms with van der Waals surface area (Å²) in [7, 11) is 0. The Morgan fingerprint density at radius 2 is 1.59 bits per heavy atom. The molecule has 5 heteroatoms. The summed E-state index contributed by atoms with van der Waals surface area (Å²) < 4.78 is 0. The summed E-state index contributed by atoms with van der Waals surface area (Å²) >= 11 is 2.91. The SMILES string of the molecule is CC(=O)c1c(NC(=O)c2ccc(-c3ccccc3)s2)csc1-c1ccc(C)cc1. The molecule has 144 valence electrons. The Morgan fingerprint density at radius 1 is 0.862 bits per heavy atom. The van der Waals surface area contributed by atoms with Crippen LogP contribution in [-0.4, -0.2) is 11.7 Å². The van der Waals surface area contributed by atoms with E-state index in [0.717, 1.165) is 26.4 Å². The third-order valence-corrected chi connectivity index (χ3v) is 6.76. The molecule has 2 aromatic carbocycles. The highest BCUT2D eigenvalue weighted by molar-refractivity contribution is 7.17. The van der Waals surface area contributed by atoms with Gasteiger partial charge in [0.1, 0.15) is 0 Å². The number of thiophene rings is 2.